The molecule has 2 rings (SSSR count). The number of carboxylic acids is 1. The van der Waals surface area contributed by atoms with Crippen LogP contribution in [0.3, 0.4) is 0 Å². The van der Waals surface area contributed by atoms with E-state index in [9.17, 15) is 4.79 Å². The Labute approximate surface area is 122 Å². The zero-order valence-corrected chi connectivity index (χ0v) is 13.0. The van der Waals surface area contributed by atoms with Crippen LogP contribution in [0.2, 0.25) is 0 Å². The number of hydrogen-bond acceptors (Lipinski definition) is 3. The lowest BCUT2D eigenvalue weighted by Gasteiger charge is -2.39. The van der Waals surface area contributed by atoms with E-state index in [1.165, 1.54) is 25.7 Å². The number of hydrogen-bond donors (Lipinski definition) is 2. The average molecular weight is 282 g/mol. The molecule has 1 saturated carbocycles. The minimum atomic E-state index is -0.652. The molecule has 0 amide bonds. The SMILES string of the molecule is CC(C)CN1CC(CC(=O)O)CC(NC2CCCC2)C1. The number of likely N-dealkylation sites (tertiary alicyclic amines) is 1. The van der Waals surface area contributed by atoms with Crippen molar-refractivity contribution < 1.29 is 9.90 Å². The fourth-order valence-corrected chi connectivity index (χ4v) is 3.91. The van der Waals surface area contributed by atoms with E-state index >= 15 is 0 Å². The predicted octanol–water partition coefficient (Wildman–Crippen LogP) is 2.34. The molecule has 2 fully saturated rings. The minimum absolute atomic E-state index is 0.305. The molecule has 2 aliphatic rings. The molecule has 0 aromatic rings. The zero-order valence-electron chi connectivity index (χ0n) is 13.0. The molecule has 2 N–H and O–H groups in total. The summed E-state index contributed by atoms with van der Waals surface area (Å²) in [4.78, 5) is 13.5. The Bertz CT molecular complexity index is 314. The van der Waals surface area contributed by atoms with E-state index in [0.29, 0.717) is 30.3 Å². The highest BCUT2D eigenvalue weighted by molar-refractivity contribution is 5.67. The first-order chi connectivity index (χ1) is 9.52. The van der Waals surface area contributed by atoms with Gasteiger partial charge in [0.05, 0.1) is 0 Å². The third kappa shape index (κ3) is 5.06. The summed E-state index contributed by atoms with van der Waals surface area (Å²) in [6, 6.07) is 1.15. The lowest BCUT2D eigenvalue weighted by molar-refractivity contribution is -0.138. The van der Waals surface area contributed by atoms with Gasteiger partial charge in [-0.15, -0.1) is 0 Å². The number of carboxylic acid groups (broad SMARTS) is 1. The fraction of sp³-hybridized carbons (Fsp3) is 0.938. The topological polar surface area (TPSA) is 52.6 Å². The van der Waals surface area contributed by atoms with Crippen molar-refractivity contribution in [2.45, 2.75) is 64.5 Å². The summed E-state index contributed by atoms with van der Waals surface area (Å²) in [6.45, 7) is 7.59. The van der Waals surface area contributed by atoms with Crippen molar-refractivity contribution >= 4 is 5.97 Å². The molecule has 2 atom stereocenters. The second-order valence-electron chi connectivity index (χ2n) is 7.16. The predicted molar refractivity (Wildman–Crippen MR) is 80.8 cm³/mol. The number of piperidine rings is 1. The summed E-state index contributed by atoms with van der Waals surface area (Å²) in [6.07, 6.45) is 6.63. The molecule has 2 unspecified atom stereocenters. The molecule has 1 saturated heterocycles. The van der Waals surface area contributed by atoms with Crippen LogP contribution in [0.4, 0.5) is 0 Å². The molecular weight excluding hydrogens is 252 g/mol. The van der Waals surface area contributed by atoms with E-state index in [-0.39, 0.29) is 0 Å². The van der Waals surface area contributed by atoms with Crippen molar-refractivity contribution in [3.05, 3.63) is 0 Å². The van der Waals surface area contributed by atoms with E-state index in [2.05, 4.69) is 24.1 Å². The van der Waals surface area contributed by atoms with Crippen LogP contribution in [0, 0.1) is 11.8 Å². The molecule has 4 heteroatoms. The molecule has 1 aliphatic carbocycles. The van der Waals surface area contributed by atoms with E-state index in [1.807, 2.05) is 0 Å². The van der Waals surface area contributed by atoms with Gasteiger partial charge in [0.2, 0.25) is 0 Å². The molecule has 1 aliphatic heterocycles. The molecule has 0 aromatic heterocycles. The van der Waals surface area contributed by atoms with Crippen LogP contribution in [0.15, 0.2) is 0 Å². The van der Waals surface area contributed by atoms with Crippen molar-refractivity contribution in [2.24, 2.45) is 11.8 Å². The van der Waals surface area contributed by atoms with Gasteiger partial charge in [-0.25, -0.2) is 0 Å². The molecule has 0 aromatic carbocycles. The van der Waals surface area contributed by atoms with Crippen molar-refractivity contribution in [2.75, 3.05) is 19.6 Å². The van der Waals surface area contributed by atoms with E-state index < -0.39 is 5.97 Å². The zero-order chi connectivity index (χ0) is 14.5. The van der Waals surface area contributed by atoms with Crippen molar-refractivity contribution in [3.8, 4) is 0 Å². The maximum absolute atomic E-state index is 11.0. The van der Waals surface area contributed by atoms with Crippen LogP contribution in [0.5, 0.6) is 0 Å². The second kappa shape index (κ2) is 7.41. The van der Waals surface area contributed by atoms with Gasteiger partial charge in [-0.3, -0.25) is 4.79 Å². The van der Waals surface area contributed by atoms with Crippen molar-refractivity contribution in [1.82, 2.24) is 10.2 Å². The van der Waals surface area contributed by atoms with Gasteiger partial charge in [-0.05, 0) is 31.1 Å². The van der Waals surface area contributed by atoms with Crippen LogP contribution < -0.4 is 5.32 Å². The highest BCUT2D eigenvalue weighted by Gasteiger charge is 2.30. The Morgan fingerprint density at radius 2 is 1.95 bits per heavy atom. The maximum atomic E-state index is 11.0. The van der Waals surface area contributed by atoms with Crippen LogP contribution in [-0.4, -0.2) is 47.7 Å². The Kier molecular flexibility index (Phi) is 5.85. The van der Waals surface area contributed by atoms with Crippen LogP contribution in [-0.2, 0) is 4.79 Å². The van der Waals surface area contributed by atoms with Gasteiger partial charge in [0.15, 0.2) is 0 Å². The average Bonchev–Trinajstić information content (AvgIpc) is 2.79. The van der Waals surface area contributed by atoms with Crippen LogP contribution in [0.1, 0.15) is 52.4 Å². The normalized spacial score (nSPS) is 29.1. The van der Waals surface area contributed by atoms with Gasteiger partial charge in [-0.2, -0.15) is 0 Å². The number of nitrogens with one attached hydrogen (secondary N) is 1. The molecule has 20 heavy (non-hydrogen) atoms. The molecule has 4 nitrogen and oxygen atoms in total. The first-order valence-electron chi connectivity index (χ1n) is 8.23. The van der Waals surface area contributed by atoms with Gasteiger partial charge >= 0.3 is 5.97 Å². The first kappa shape index (κ1) is 15.8. The van der Waals surface area contributed by atoms with Gasteiger partial charge in [0.25, 0.3) is 0 Å². The van der Waals surface area contributed by atoms with E-state index in [1.54, 1.807) is 0 Å². The quantitative estimate of drug-likeness (QED) is 0.785. The molecular formula is C16H30N2O2. The summed E-state index contributed by atoms with van der Waals surface area (Å²) >= 11 is 0. The largest absolute Gasteiger partial charge is 0.481 e. The Balaban J connectivity index is 1.89. The third-order valence-corrected chi connectivity index (χ3v) is 4.53. The van der Waals surface area contributed by atoms with Gasteiger partial charge < -0.3 is 15.3 Å². The monoisotopic (exact) mass is 282 g/mol. The highest BCUT2D eigenvalue weighted by Crippen LogP contribution is 2.24. The Hall–Kier alpha value is -0.610. The number of aliphatic carboxylic acids is 1. The van der Waals surface area contributed by atoms with E-state index in [4.69, 9.17) is 5.11 Å². The fourth-order valence-electron chi connectivity index (χ4n) is 3.91. The lowest BCUT2D eigenvalue weighted by Crippen LogP contribution is -2.52. The van der Waals surface area contributed by atoms with Crippen LogP contribution in [0.25, 0.3) is 0 Å². The van der Waals surface area contributed by atoms with E-state index in [0.717, 1.165) is 26.1 Å². The number of rotatable bonds is 6. The lowest BCUT2D eigenvalue weighted by atomic mass is 9.90. The highest BCUT2D eigenvalue weighted by atomic mass is 16.4. The number of nitrogens with zero attached hydrogens (tertiary/aromatic N) is 1. The summed E-state index contributed by atoms with van der Waals surface area (Å²) in [7, 11) is 0. The summed E-state index contributed by atoms with van der Waals surface area (Å²) in [5, 5.41) is 12.9. The van der Waals surface area contributed by atoms with Gasteiger partial charge in [0, 0.05) is 38.1 Å². The van der Waals surface area contributed by atoms with Crippen molar-refractivity contribution in [1.29, 1.82) is 0 Å². The standard InChI is InChI=1S/C16H30N2O2/c1-12(2)9-18-10-13(8-16(19)20)7-15(11-18)17-14-5-3-4-6-14/h12-15,17H,3-11H2,1-2H3,(H,19,20). The third-order valence-electron chi connectivity index (χ3n) is 4.53. The molecule has 116 valence electrons. The van der Waals surface area contributed by atoms with Gasteiger partial charge in [-0.1, -0.05) is 26.7 Å². The van der Waals surface area contributed by atoms with Crippen LogP contribution >= 0.6 is 0 Å². The number of carbonyl (C=O) groups is 1. The second-order valence-corrected chi connectivity index (χ2v) is 7.16. The molecule has 0 bridgehead atoms. The molecule has 1 heterocycles. The molecule has 0 radical (unpaired) electrons. The Morgan fingerprint density at radius 1 is 1.25 bits per heavy atom. The maximum Gasteiger partial charge on any atom is 0.303 e. The molecule has 0 spiro atoms. The van der Waals surface area contributed by atoms with Crippen molar-refractivity contribution in [3.63, 3.8) is 0 Å². The van der Waals surface area contributed by atoms with Gasteiger partial charge in [0.1, 0.15) is 0 Å². The smallest absolute Gasteiger partial charge is 0.303 e. The summed E-state index contributed by atoms with van der Waals surface area (Å²) < 4.78 is 0. The minimum Gasteiger partial charge on any atom is -0.481 e. The summed E-state index contributed by atoms with van der Waals surface area (Å²) in [5.41, 5.74) is 0. The summed E-state index contributed by atoms with van der Waals surface area (Å²) in [5.74, 6) is 0.297. The Morgan fingerprint density at radius 3 is 2.55 bits per heavy atom. The first-order valence-corrected chi connectivity index (χ1v) is 8.23.